The summed E-state index contributed by atoms with van der Waals surface area (Å²) in [6, 6.07) is 8.25. The van der Waals surface area contributed by atoms with E-state index in [0.29, 0.717) is 0 Å². The van der Waals surface area contributed by atoms with E-state index in [0.717, 1.165) is 51.1 Å². The average Bonchev–Trinajstić information content (AvgIpc) is 2.68. The van der Waals surface area contributed by atoms with Crippen LogP contribution in [0.15, 0.2) is 29.3 Å². The molecule has 1 saturated heterocycles. The number of hydrogen-bond donors (Lipinski definition) is 2. The lowest BCUT2D eigenvalue weighted by Gasteiger charge is -2.41. The summed E-state index contributed by atoms with van der Waals surface area (Å²) in [5, 5.41) is 6.96. The van der Waals surface area contributed by atoms with Gasteiger partial charge in [-0.2, -0.15) is 0 Å². The lowest BCUT2D eigenvalue weighted by atomic mass is 9.84. The Morgan fingerprint density at radius 1 is 1.14 bits per heavy atom. The number of benzene rings is 1. The first-order valence-corrected chi connectivity index (χ1v) is 9.70. The molecule has 0 bridgehead atoms. The van der Waals surface area contributed by atoms with Gasteiger partial charge in [-0.15, -0.1) is 24.0 Å². The van der Waals surface area contributed by atoms with Crippen molar-refractivity contribution in [1.29, 1.82) is 0 Å². The Kier molecular flexibility index (Phi) is 10.00. The first-order valence-electron chi connectivity index (χ1n) is 9.70. The SMILES string of the molecule is CN=C(NCC(C)(C)c1cccc(OC)c1)NCC(C)(C)N1CCOCC1.I. The van der Waals surface area contributed by atoms with Crippen LogP contribution in [0, 0.1) is 0 Å². The van der Waals surface area contributed by atoms with Crippen LogP contribution in [0.4, 0.5) is 0 Å². The number of nitrogens with one attached hydrogen (secondary N) is 2. The van der Waals surface area contributed by atoms with E-state index in [1.54, 1.807) is 7.11 Å². The van der Waals surface area contributed by atoms with Gasteiger partial charge >= 0.3 is 0 Å². The lowest BCUT2D eigenvalue weighted by Crippen LogP contribution is -2.57. The highest BCUT2D eigenvalue weighted by atomic mass is 127. The third kappa shape index (κ3) is 7.08. The van der Waals surface area contributed by atoms with Gasteiger partial charge in [0, 0.05) is 44.2 Å². The maximum atomic E-state index is 5.47. The number of hydrogen-bond acceptors (Lipinski definition) is 4. The second-order valence-electron chi connectivity index (χ2n) is 8.31. The zero-order chi connectivity index (χ0) is 19.9. The van der Waals surface area contributed by atoms with Crippen molar-refractivity contribution in [2.75, 3.05) is 53.6 Å². The highest BCUT2D eigenvalue weighted by Gasteiger charge is 2.28. The Balaban J connectivity index is 0.00000392. The second kappa shape index (κ2) is 11.2. The highest BCUT2D eigenvalue weighted by Crippen LogP contribution is 2.25. The molecular weight excluding hydrogens is 467 g/mol. The fraction of sp³-hybridized carbons (Fsp3) is 0.667. The summed E-state index contributed by atoms with van der Waals surface area (Å²) in [6.45, 7) is 14.1. The minimum atomic E-state index is -0.0497. The van der Waals surface area contributed by atoms with Crippen LogP contribution in [0.2, 0.25) is 0 Å². The number of ether oxygens (including phenoxy) is 2. The third-order valence-corrected chi connectivity index (χ3v) is 5.33. The van der Waals surface area contributed by atoms with Crippen molar-refractivity contribution in [3.63, 3.8) is 0 Å². The van der Waals surface area contributed by atoms with Gasteiger partial charge in [-0.3, -0.25) is 9.89 Å². The van der Waals surface area contributed by atoms with Crippen molar-refractivity contribution in [1.82, 2.24) is 15.5 Å². The van der Waals surface area contributed by atoms with E-state index in [1.165, 1.54) is 5.56 Å². The molecule has 2 rings (SSSR count). The fourth-order valence-corrected chi connectivity index (χ4v) is 3.25. The van der Waals surface area contributed by atoms with Gasteiger partial charge in [0.25, 0.3) is 0 Å². The van der Waals surface area contributed by atoms with E-state index in [9.17, 15) is 0 Å². The van der Waals surface area contributed by atoms with E-state index < -0.39 is 0 Å². The smallest absolute Gasteiger partial charge is 0.191 e. The Morgan fingerprint density at radius 3 is 2.39 bits per heavy atom. The van der Waals surface area contributed by atoms with Crippen LogP contribution >= 0.6 is 24.0 Å². The molecule has 1 heterocycles. The molecule has 0 radical (unpaired) electrons. The number of nitrogens with zero attached hydrogens (tertiary/aromatic N) is 2. The van der Waals surface area contributed by atoms with Crippen LogP contribution in [-0.2, 0) is 10.2 Å². The van der Waals surface area contributed by atoms with Gasteiger partial charge in [0.05, 0.1) is 20.3 Å². The molecule has 1 aromatic rings. The van der Waals surface area contributed by atoms with Crippen molar-refractivity contribution in [2.45, 2.75) is 38.6 Å². The summed E-state index contributed by atoms with van der Waals surface area (Å²) in [5.41, 5.74) is 1.23. The van der Waals surface area contributed by atoms with Crippen molar-refractivity contribution >= 4 is 29.9 Å². The Hall–Kier alpha value is -1.06. The van der Waals surface area contributed by atoms with Crippen LogP contribution in [0.3, 0.4) is 0 Å². The number of morpholine rings is 1. The normalized spacial score (nSPS) is 16.3. The van der Waals surface area contributed by atoms with Crippen molar-refractivity contribution in [2.24, 2.45) is 4.99 Å². The monoisotopic (exact) mass is 504 g/mol. The van der Waals surface area contributed by atoms with Crippen molar-refractivity contribution in [3.05, 3.63) is 29.8 Å². The molecule has 7 heteroatoms. The van der Waals surface area contributed by atoms with Crippen LogP contribution in [0.25, 0.3) is 0 Å². The van der Waals surface area contributed by atoms with E-state index in [4.69, 9.17) is 9.47 Å². The van der Waals surface area contributed by atoms with E-state index in [-0.39, 0.29) is 34.9 Å². The van der Waals surface area contributed by atoms with Crippen LogP contribution in [-0.4, -0.2) is 69.9 Å². The predicted octanol–water partition coefficient (Wildman–Crippen LogP) is 2.87. The molecule has 1 aliphatic rings. The van der Waals surface area contributed by atoms with Gasteiger partial charge in [-0.25, -0.2) is 0 Å². The molecule has 1 aromatic carbocycles. The molecule has 0 aliphatic carbocycles. The Bertz CT molecular complexity index is 629. The minimum absolute atomic E-state index is 0. The summed E-state index contributed by atoms with van der Waals surface area (Å²) in [4.78, 5) is 6.86. The summed E-state index contributed by atoms with van der Waals surface area (Å²) in [7, 11) is 3.52. The zero-order valence-electron chi connectivity index (χ0n) is 18.2. The summed E-state index contributed by atoms with van der Waals surface area (Å²) in [5.74, 6) is 1.71. The molecule has 0 aromatic heterocycles. The maximum absolute atomic E-state index is 5.47. The number of aliphatic imine (C=N–C) groups is 1. The van der Waals surface area contributed by atoms with Crippen LogP contribution in [0.5, 0.6) is 5.75 Å². The van der Waals surface area contributed by atoms with Gasteiger partial charge in [0.15, 0.2) is 5.96 Å². The molecule has 0 unspecified atom stereocenters. The molecule has 6 nitrogen and oxygen atoms in total. The molecule has 0 saturated carbocycles. The van der Waals surface area contributed by atoms with E-state index in [1.807, 2.05) is 19.2 Å². The van der Waals surface area contributed by atoms with Gasteiger partial charge in [-0.1, -0.05) is 26.0 Å². The molecule has 160 valence electrons. The molecule has 2 N–H and O–H groups in total. The molecule has 1 fully saturated rings. The topological polar surface area (TPSA) is 58.1 Å². The summed E-state index contributed by atoms with van der Waals surface area (Å²) < 4.78 is 10.8. The summed E-state index contributed by atoms with van der Waals surface area (Å²) >= 11 is 0. The van der Waals surface area contributed by atoms with Crippen molar-refractivity contribution in [3.8, 4) is 5.75 Å². The second-order valence-corrected chi connectivity index (χ2v) is 8.31. The minimum Gasteiger partial charge on any atom is -0.497 e. The lowest BCUT2D eigenvalue weighted by molar-refractivity contribution is -0.00834. The van der Waals surface area contributed by atoms with E-state index >= 15 is 0 Å². The first-order chi connectivity index (χ1) is 12.8. The predicted molar refractivity (Wildman–Crippen MR) is 127 cm³/mol. The molecule has 1 aliphatic heterocycles. The average molecular weight is 504 g/mol. The van der Waals surface area contributed by atoms with Crippen LogP contribution in [0.1, 0.15) is 33.3 Å². The largest absolute Gasteiger partial charge is 0.497 e. The maximum Gasteiger partial charge on any atom is 0.191 e. The molecule has 0 amide bonds. The number of methoxy groups -OCH3 is 1. The number of rotatable bonds is 7. The molecule has 0 atom stereocenters. The van der Waals surface area contributed by atoms with Gasteiger partial charge < -0.3 is 20.1 Å². The van der Waals surface area contributed by atoms with Gasteiger partial charge in [0.2, 0.25) is 0 Å². The summed E-state index contributed by atoms with van der Waals surface area (Å²) in [6.07, 6.45) is 0. The van der Waals surface area contributed by atoms with Crippen LogP contribution < -0.4 is 15.4 Å². The van der Waals surface area contributed by atoms with E-state index in [2.05, 4.69) is 60.4 Å². The van der Waals surface area contributed by atoms with Crippen molar-refractivity contribution < 1.29 is 9.47 Å². The Labute approximate surface area is 187 Å². The first kappa shape index (κ1) is 25.0. The number of guanidine groups is 1. The standard InChI is InChI=1S/C21H36N4O2.HI/c1-20(2,17-8-7-9-18(14-17)26-6)15-23-19(22-5)24-16-21(3,4)25-10-12-27-13-11-25;/h7-9,14H,10-13,15-16H2,1-6H3,(H2,22,23,24);1H. The van der Waals surface area contributed by atoms with Gasteiger partial charge in [0.1, 0.15) is 5.75 Å². The third-order valence-electron chi connectivity index (χ3n) is 5.33. The zero-order valence-corrected chi connectivity index (χ0v) is 20.5. The molecule has 0 spiro atoms. The Morgan fingerprint density at radius 2 is 1.79 bits per heavy atom. The molecule has 28 heavy (non-hydrogen) atoms. The highest BCUT2D eigenvalue weighted by molar-refractivity contribution is 14.0. The molecular formula is C21H37IN4O2. The quantitative estimate of drug-likeness (QED) is 0.340. The number of halogens is 1. The fourth-order valence-electron chi connectivity index (χ4n) is 3.25. The van der Waals surface area contributed by atoms with Gasteiger partial charge in [-0.05, 0) is 31.5 Å².